The topological polar surface area (TPSA) is 29.5 Å². The summed E-state index contributed by atoms with van der Waals surface area (Å²) in [5, 5.41) is 9.62. The van der Waals surface area contributed by atoms with Gasteiger partial charge in [-0.2, -0.15) is 0 Å². The van der Waals surface area contributed by atoms with E-state index in [1.54, 1.807) is 0 Å². The van der Waals surface area contributed by atoms with Gasteiger partial charge < -0.3 is 9.84 Å². The number of aliphatic hydroxyl groups excluding tert-OH is 1. The summed E-state index contributed by atoms with van der Waals surface area (Å²) in [5.74, 6) is 3.19. The zero-order valence-corrected chi connectivity index (χ0v) is 8.23. The van der Waals surface area contributed by atoms with Crippen LogP contribution in [-0.2, 0) is 0 Å². The molecule has 0 spiro atoms. The van der Waals surface area contributed by atoms with Crippen molar-refractivity contribution in [2.45, 2.75) is 19.4 Å². The Labute approximate surface area is 84.5 Å². The molecule has 1 aromatic carbocycles. The molecule has 74 valence electrons. The molecule has 0 amide bonds. The molecule has 0 saturated carbocycles. The van der Waals surface area contributed by atoms with Crippen LogP contribution in [0.25, 0.3) is 0 Å². The molecule has 0 fully saturated rings. The van der Waals surface area contributed by atoms with E-state index >= 15 is 0 Å². The first kappa shape index (κ1) is 10.6. The van der Waals surface area contributed by atoms with Gasteiger partial charge in [-0.15, -0.1) is 12.3 Å². The molecule has 1 N–H and O–H groups in total. The van der Waals surface area contributed by atoms with Crippen molar-refractivity contribution >= 4 is 0 Å². The highest BCUT2D eigenvalue weighted by Crippen LogP contribution is 2.21. The molecule has 1 rings (SSSR count). The van der Waals surface area contributed by atoms with Crippen molar-refractivity contribution in [2.75, 3.05) is 6.61 Å². The lowest BCUT2D eigenvalue weighted by Crippen LogP contribution is -1.97. The zero-order chi connectivity index (χ0) is 10.4. The summed E-state index contributed by atoms with van der Waals surface area (Å²) in [6.07, 6.45) is 4.85. The third kappa shape index (κ3) is 2.79. The second-order valence-electron chi connectivity index (χ2n) is 2.93. The molecular formula is C12H14O2. The van der Waals surface area contributed by atoms with Gasteiger partial charge in [0.2, 0.25) is 0 Å². The van der Waals surface area contributed by atoms with Gasteiger partial charge in [-0.25, -0.2) is 0 Å². The summed E-state index contributed by atoms with van der Waals surface area (Å²) in [6, 6.07) is 7.35. The molecule has 0 aliphatic rings. The van der Waals surface area contributed by atoms with E-state index in [9.17, 15) is 5.11 Å². The van der Waals surface area contributed by atoms with Crippen molar-refractivity contribution in [1.29, 1.82) is 0 Å². The van der Waals surface area contributed by atoms with Crippen LogP contribution in [0, 0.1) is 12.3 Å². The largest absolute Gasteiger partial charge is 0.494 e. The number of ether oxygens (including phenoxy) is 1. The van der Waals surface area contributed by atoms with E-state index in [1.165, 1.54) is 0 Å². The van der Waals surface area contributed by atoms with Crippen molar-refractivity contribution < 1.29 is 9.84 Å². The summed E-state index contributed by atoms with van der Waals surface area (Å²) in [7, 11) is 0. The lowest BCUT2D eigenvalue weighted by atomic mass is 10.1. The van der Waals surface area contributed by atoms with E-state index in [0.29, 0.717) is 13.0 Å². The maximum atomic E-state index is 9.62. The molecular weight excluding hydrogens is 176 g/mol. The van der Waals surface area contributed by atoms with Gasteiger partial charge in [0.1, 0.15) is 5.75 Å². The van der Waals surface area contributed by atoms with Crippen LogP contribution in [0.2, 0.25) is 0 Å². The van der Waals surface area contributed by atoms with Crippen LogP contribution in [0.3, 0.4) is 0 Å². The van der Waals surface area contributed by atoms with Crippen molar-refractivity contribution in [3.8, 4) is 18.1 Å². The minimum atomic E-state index is -0.597. The van der Waals surface area contributed by atoms with Gasteiger partial charge in [-0.1, -0.05) is 12.1 Å². The van der Waals surface area contributed by atoms with Gasteiger partial charge in [-0.05, 0) is 24.6 Å². The number of aliphatic hydroxyl groups is 1. The fourth-order valence-corrected chi connectivity index (χ4v) is 1.21. The van der Waals surface area contributed by atoms with Crippen LogP contribution in [0.1, 0.15) is 25.0 Å². The predicted molar refractivity (Wildman–Crippen MR) is 56.0 cm³/mol. The second kappa shape index (κ2) is 5.31. The first-order valence-corrected chi connectivity index (χ1v) is 4.62. The molecule has 0 saturated heterocycles. The van der Waals surface area contributed by atoms with Gasteiger partial charge >= 0.3 is 0 Å². The first-order valence-electron chi connectivity index (χ1n) is 4.62. The number of benzene rings is 1. The molecule has 2 heteroatoms. The minimum Gasteiger partial charge on any atom is -0.494 e. The van der Waals surface area contributed by atoms with E-state index in [2.05, 4.69) is 5.92 Å². The van der Waals surface area contributed by atoms with Crippen LogP contribution in [0.4, 0.5) is 0 Å². The fraction of sp³-hybridized carbons (Fsp3) is 0.333. The van der Waals surface area contributed by atoms with E-state index in [1.807, 2.05) is 31.2 Å². The standard InChI is InChI=1S/C12H14O2/c1-3-6-12(13)10-7-5-8-11(9-10)14-4-2/h1,5,7-9,12-13H,4,6H2,2H3. The van der Waals surface area contributed by atoms with Gasteiger partial charge in [0.05, 0.1) is 12.7 Å². The van der Waals surface area contributed by atoms with Crippen molar-refractivity contribution in [2.24, 2.45) is 0 Å². The number of hydrogen-bond donors (Lipinski definition) is 1. The second-order valence-corrected chi connectivity index (χ2v) is 2.93. The molecule has 1 aromatic rings. The molecule has 0 radical (unpaired) electrons. The fourth-order valence-electron chi connectivity index (χ4n) is 1.21. The van der Waals surface area contributed by atoms with Crippen molar-refractivity contribution in [3.63, 3.8) is 0 Å². The molecule has 14 heavy (non-hydrogen) atoms. The van der Waals surface area contributed by atoms with Crippen molar-refractivity contribution in [1.82, 2.24) is 0 Å². The number of hydrogen-bond acceptors (Lipinski definition) is 2. The average molecular weight is 190 g/mol. The smallest absolute Gasteiger partial charge is 0.119 e. The van der Waals surface area contributed by atoms with Gasteiger partial charge in [-0.3, -0.25) is 0 Å². The first-order chi connectivity index (χ1) is 6.77. The Kier molecular flexibility index (Phi) is 4.03. The summed E-state index contributed by atoms with van der Waals surface area (Å²) >= 11 is 0. The Morgan fingerprint density at radius 1 is 1.57 bits per heavy atom. The third-order valence-corrected chi connectivity index (χ3v) is 1.87. The van der Waals surface area contributed by atoms with E-state index in [4.69, 9.17) is 11.2 Å². The van der Waals surface area contributed by atoms with E-state index in [0.717, 1.165) is 11.3 Å². The molecule has 0 heterocycles. The normalized spacial score (nSPS) is 11.8. The van der Waals surface area contributed by atoms with Gasteiger partial charge in [0.15, 0.2) is 0 Å². The summed E-state index contributed by atoms with van der Waals surface area (Å²) in [4.78, 5) is 0. The molecule has 2 nitrogen and oxygen atoms in total. The highest BCUT2D eigenvalue weighted by molar-refractivity contribution is 5.30. The number of rotatable bonds is 4. The Morgan fingerprint density at radius 2 is 2.36 bits per heavy atom. The Balaban J connectivity index is 2.78. The SMILES string of the molecule is C#CCC(O)c1cccc(OCC)c1. The lowest BCUT2D eigenvalue weighted by Gasteiger charge is -2.09. The van der Waals surface area contributed by atoms with Crippen LogP contribution < -0.4 is 4.74 Å². The molecule has 0 aliphatic heterocycles. The maximum absolute atomic E-state index is 9.62. The van der Waals surface area contributed by atoms with Crippen molar-refractivity contribution in [3.05, 3.63) is 29.8 Å². The Bertz CT molecular complexity index is 325. The molecule has 0 aliphatic carbocycles. The quantitative estimate of drug-likeness (QED) is 0.737. The average Bonchev–Trinajstić information content (AvgIpc) is 2.19. The predicted octanol–water partition coefficient (Wildman–Crippen LogP) is 2.14. The van der Waals surface area contributed by atoms with Crippen LogP contribution in [0.5, 0.6) is 5.75 Å². The lowest BCUT2D eigenvalue weighted by molar-refractivity contribution is 0.183. The van der Waals surface area contributed by atoms with Gasteiger partial charge in [0, 0.05) is 6.42 Å². The molecule has 1 unspecified atom stereocenters. The summed E-state index contributed by atoms with van der Waals surface area (Å²) in [5.41, 5.74) is 0.800. The van der Waals surface area contributed by atoms with E-state index in [-0.39, 0.29) is 0 Å². The Morgan fingerprint density at radius 3 is 3.00 bits per heavy atom. The van der Waals surface area contributed by atoms with Gasteiger partial charge in [0.25, 0.3) is 0 Å². The monoisotopic (exact) mass is 190 g/mol. The summed E-state index contributed by atoms with van der Waals surface area (Å²) < 4.78 is 5.31. The highest BCUT2D eigenvalue weighted by atomic mass is 16.5. The highest BCUT2D eigenvalue weighted by Gasteiger charge is 2.06. The minimum absolute atomic E-state index is 0.329. The maximum Gasteiger partial charge on any atom is 0.119 e. The van der Waals surface area contributed by atoms with Crippen LogP contribution in [-0.4, -0.2) is 11.7 Å². The molecule has 0 bridgehead atoms. The summed E-state index contributed by atoms with van der Waals surface area (Å²) in [6.45, 7) is 2.54. The third-order valence-electron chi connectivity index (χ3n) is 1.87. The van der Waals surface area contributed by atoms with E-state index < -0.39 is 6.10 Å². The zero-order valence-electron chi connectivity index (χ0n) is 8.23. The number of terminal acetylenes is 1. The van der Waals surface area contributed by atoms with Crippen LogP contribution in [0.15, 0.2) is 24.3 Å². The molecule has 0 aromatic heterocycles. The Hall–Kier alpha value is -1.46. The van der Waals surface area contributed by atoms with Crippen LogP contribution >= 0.6 is 0 Å². The molecule has 1 atom stereocenters.